The van der Waals surface area contributed by atoms with E-state index in [0.29, 0.717) is 36.2 Å². The van der Waals surface area contributed by atoms with E-state index in [2.05, 4.69) is 0 Å². The summed E-state index contributed by atoms with van der Waals surface area (Å²) in [6.45, 7) is 0.590. The minimum atomic E-state index is -1.64. The zero-order chi connectivity index (χ0) is 33.9. The van der Waals surface area contributed by atoms with Crippen LogP contribution in [-0.2, 0) is 18.9 Å². The normalized spacial score (nSPS) is 29.5. The van der Waals surface area contributed by atoms with E-state index in [9.17, 15) is 20.1 Å². The van der Waals surface area contributed by atoms with E-state index >= 15 is 0 Å². The molecule has 3 fully saturated rings. The van der Waals surface area contributed by atoms with Gasteiger partial charge in [-0.15, -0.1) is 0 Å². The second-order valence-corrected chi connectivity index (χ2v) is 11.8. The lowest BCUT2D eigenvalue weighted by Gasteiger charge is -2.40. The van der Waals surface area contributed by atoms with Gasteiger partial charge in [-0.25, -0.2) is 4.79 Å². The largest absolute Gasteiger partial charge is 0.497 e. The van der Waals surface area contributed by atoms with Gasteiger partial charge in [0.15, 0.2) is 23.0 Å². The second-order valence-electron chi connectivity index (χ2n) is 11.8. The van der Waals surface area contributed by atoms with Crippen LogP contribution < -0.4 is 23.7 Å². The molecule has 0 spiro atoms. The number of carbonyl (C=O) groups is 1. The molecule has 48 heavy (non-hydrogen) atoms. The van der Waals surface area contributed by atoms with E-state index in [1.165, 1.54) is 20.3 Å². The van der Waals surface area contributed by atoms with Gasteiger partial charge in [-0.2, -0.15) is 0 Å². The quantitative estimate of drug-likeness (QED) is 0.256. The fourth-order valence-electron chi connectivity index (χ4n) is 6.49. The number of hydrogen-bond acceptors (Lipinski definition) is 13. The van der Waals surface area contributed by atoms with Gasteiger partial charge in [-0.3, -0.25) is 0 Å². The number of ether oxygens (including phenoxy) is 9. The van der Waals surface area contributed by atoms with Gasteiger partial charge in [0.25, 0.3) is 0 Å². The first kappa shape index (κ1) is 33.8. The number of methoxy groups -OCH3 is 4. The van der Waals surface area contributed by atoms with Gasteiger partial charge < -0.3 is 58.0 Å². The van der Waals surface area contributed by atoms with Crippen molar-refractivity contribution in [1.82, 2.24) is 0 Å². The number of aliphatic hydroxyl groups is 3. The molecule has 6 rings (SSSR count). The van der Waals surface area contributed by atoms with Crippen LogP contribution in [0.5, 0.6) is 28.7 Å². The first-order valence-electron chi connectivity index (χ1n) is 15.6. The maximum atomic E-state index is 12.6. The van der Waals surface area contributed by atoms with Crippen molar-refractivity contribution < 1.29 is 62.7 Å². The summed E-state index contributed by atoms with van der Waals surface area (Å²) < 4.78 is 51.3. The van der Waals surface area contributed by atoms with Crippen LogP contribution in [-0.4, -0.2) is 100 Å². The van der Waals surface area contributed by atoms with E-state index in [-0.39, 0.29) is 35.4 Å². The summed E-state index contributed by atoms with van der Waals surface area (Å²) in [5.74, 6) is 1.83. The minimum absolute atomic E-state index is 0.0835. The molecule has 3 aliphatic heterocycles. The summed E-state index contributed by atoms with van der Waals surface area (Å²) in [6, 6.07) is 17.4. The van der Waals surface area contributed by atoms with Crippen molar-refractivity contribution in [3.63, 3.8) is 0 Å². The smallest absolute Gasteiger partial charge is 0.338 e. The third-order valence-electron chi connectivity index (χ3n) is 9.11. The van der Waals surface area contributed by atoms with Crippen molar-refractivity contribution in [2.24, 2.45) is 11.8 Å². The number of carbonyl (C=O) groups excluding carboxylic acids is 1. The lowest BCUT2D eigenvalue weighted by atomic mass is 9.85. The van der Waals surface area contributed by atoms with Crippen LogP contribution in [0, 0.1) is 11.8 Å². The van der Waals surface area contributed by atoms with Crippen molar-refractivity contribution in [2.75, 3.05) is 48.3 Å². The SMILES string of the molecule is COc1cccc(C(=O)OC[C@H]2O[C@H](Oc3ccc([C@H]4OC[C@H]5[C@@H]4CO[C@H]5c4ccc(OC)c(OC)c4)cc3OC)[C@H](O)[C@@H](O)[C@@H]2O)c1. The minimum Gasteiger partial charge on any atom is -0.497 e. The molecule has 13 nitrogen and oxygen atoms in total. The fraction of sp³-hybridized carbons (Fsp3) is 0.457. The molecule has 0 saturated carbocycles. The molecular weight excluding hydrogens is 628 g/mol. The van der Waals surface area contributed by atoms with Crippen LogP contribution in [0.3, 0.4) is 0 Å². The van der Waals surface area contributed by atoms with Crippen LogP contribution in [0.25, 0.3) is 0 Å². The average Bonchev–Trinajstić information content (AvgIpc) is 3.74. The summed E-state index contributed by atoms with van der Waals surface area (Å²) in [6.07, 6.45) is -7.85. The first-order valence-corrected chi connectivity index (χ1v) is 15.6. The Bertz CT molecular complexity index is 1580. The molecule has 3 N–H and O–H groups in total. The highest BCUT2D eigenvalue weighted by Crippen LogP contribution is 2.51. The summed E-state index contributed by atoms with van der Waals surface area (Å²) in [5.41, 5.74) is 2.07. The molecule has 0 bridgehead atoms. The van der Waals surface area contributed by atoms with Gasteiger partial charge in [-0.05, 0) is 53.6 Å². The number of aliphatic hydroxyl groups excluding tert-OH is 3. The van der Waals surface area contributed by atoms with Crippen molar-refractivity contribution in [1.29, 1.82) is 0 Å². The highest BCUT2D eigenvalue weighted by Gasteiger charge is 2.49. The third-order valence-corrected chi connectivity index (χ3v) is 9.11. The van der Waals surface area contributed by atoms with Crippen molar-refractivity contribution in [3.05, 3.63) is 77.4 Å². The monoisotopic (exact) mass is 668 g/mol. The molecule has 0 radical (unpaired) electrons. The van der Waals surface area contributed by atoms with E-state index in [4.69, 9.17) is 42.6 Å². The summed E-state index contributed by atoms with van der Waals surface area (Å²) in [7, 11) is 6.15. The maximum absolute atomic E-state index is 12.6. The maximum Gasteiger partial charge on any atom is 0.338 e. The highest BCUT2D eigenvalue weighted by molar-refractivity contribution is 5.89. The number of esters is 1. The molecule has 3 aromatic rings. The van der Waals surface area contributed by atoms with E-state index in [1.807, 2.05) is 24.3 Å². The Morgan fingerprint density at radius 1 is 0.708 bits per heavy atom. The Labute approximate surface area is 277 Å². The van der Waals surface area contributed by atoms with E-state index < -0.39 is 43.3 Å². The summed E-state index contributed by atoms with van der Waals surface area (Å²) in [4.78, 5) is 12.6. The number of fused-ring (bicyclic) bond motifs is 1. The Morgan fingerprint density at radius 2 is 1.31 bits per heavy atom. The highest BCUT2D eigenvalue weighted by atomic mass is 16.7. The van der Waals surface area contributed by atoms with Crippen LogP contribution in [0.2, 0.25) is 0 Å². The average molecular weight is 669 g/mol. The van der Waals surface area contributed by atoms with Crippen molar-refractivity contribution >= 4 is 5.97 Å². The van der Waals surface area contributed by atoms with Gasteiger partial charge in [0, 0.05) is 11.8 Å². The van der Waals surface area contributed by atoms with E-state index in [0.717, 1.165) is 11.1 Å². The molecule has 3 heterocycles. The predicted molar refractivity (Wildman–Crippen MR) is 167 cm³/mol. The van der Waals surface area contributed by atoms with Gasteiger partial charge in [-0.1, -0.05) is 18.2 Å². The molecule has 0 amide bonds. The Balaban J connectivity index is 1.12. The van der Waals surface area contributed by atoms with Crippen LogP contribution in [0.1, 0.15) is 33.7 Å². The number of benzene rings is 3. The van der Waals surface area contributed by atoms with Gasteiger partial charge in [0.05, 0.1) is 59.4 Å². The Hall–Kier alpha value is -4.11. The molecule has 0 unspecified atom stereocenters. The van der Waals surface area contributed by atoms with E-state index in [1.54, 1.807) is 44.6 Å². The molecular formula is C35H40O13. The van der Waals surface area contributed by atoms with Gasteiger partial charge in [0.1, 0.15) is 36.8 Å². The van der Waals surface area contributed by atoms with Gasteiger partial charge in [0.2, 0.25) is 6.29 Å². The molecule has 0 aliphatic carbocycles. The lowest BCUT2D eigenvalue weighted by Crippen LogP contribution is -2.60. The Morgan fingerprint density at radius 3 is 1.92 bits per heavy atom. The topological polar surface area (TPSA) is 161 Å². The molecule has 0 aromatic heterocycles. The summed E-state index contributed by atoms with van der Waals surface area (Å²) >= 11 is 0. The Kier molecular flexibility index (Phi) is 10.2. The van der Waals surface area contributed by atoms with Crippen molar-refractivity contribution in [3.8, 4) is 28.7 Å². The first-order chi connectivity index (χ1) is 23.3. The molecule has 3 aliphatic rings. The predicted octanol–water partition coefficient (Wildman–Crippen LogP) is 2.84. The second kappa shape index (κ2) is 14.6. The standard InChI is InChI=1S/C35H40O13/c1-40-21-7-5-6-20(12-21)34(39)46-17-28-29(36)30(37)31(38)35(48-28)47-25-11-9-19(14-27(25)43-4)33-23-16-44-32(22(23)15-45-33)18-8-10-24(41-2)26(13-18)42-3/h5-14,22-23,28-33,35-38H,15-17H2,1-4H3/t22-,23-,28+,29+,30-,31+,32-,33+,35-/m0/s1. The third kappa shape index (κ3) is 6.62. The number of rotatable bonds is 11. The molecule has 3 aromatic carbocycles. The van der Waals surface area contributed by atoms with Crippen LogP contribution >= 0.6 is 0 Å². The fourth-order valence-corrected chi connectivity index (χ4v) is 6.49. The zero-order valence-electron chi connectivity index (χ0n) is 27.0. The van der Waals surface area contributed by atoms with Crippen LogP contribution in [0.4, 0.5) is 0 Å². The van der Waals surface area contributed by atoms with Gasteiger partial charge >= 0.3 is 5.97 Å². The molecule has 13 heteroatoms. The molecule has 3 saturated heterocycles. The van der Waals surface area contributed by atoms with Crippen LogP contribution in [0.15, 0.2) is 60.7 Å². The number of hydrogen-bond donors (Lipinski definition) is 3. The molecule has 258 valence electrons. The summed E-state index contributed by atoms with van der Waals surface area (Å²) in [5, 5.41) is 31.9. The molecule has 9 atom stereocenters. The lowest BCUT2D eigenvalue weighted by molar-refractivity contribution is -0.277. The van der Waals surface area contributed by atoms with Crippen molar-refractivity contribution in [2.45, 2.75) is 42.9 Å². The zero-order valence-corrected chi connectivity index (χ0v) is 27.0.